The molecular weight excluding hydrogens is 338 g/mol. The Kier molecular flexibility index (Phi) is 6.93. The molecule has 1 atom stereocenters. The van der Waals surface area contributed by atoms with E-state index in [1.54, 1.807) is 0 Å². The average molecular weight is 370 g/mol. The maximum atomic E-state index is 12.4. The molecule has 146 valence electrons. The smallest absolute Gasteiger partial charge is 0.258 e. The van der Waals surface area contributed by atoms with Crippen molar-refractivity contribution in [1.29, 1.82) is 0 Å². The van der Waals surface area contributed by atoms with Gasteiger partial charge in [0.2, 0.25) is 0 Å². The number of hydrogen-bond donors (Lipinski definition) is 1. The van der Waals surface area contributed by atoms with Crippen molar-refractivity contribution in [2.75, 3.05) is 26.2 Å². The number of benzene rings is 1. The Hall–Kier alpha value is -2.27. The summed E-state index contributed by atoms with van der Waals surface area (Å²) < 4.78 is 7.84. The molecule has 0 aliphatic carbocycles. The van der Waals surface area contributed by atoms with E-state index in [1.807, 2.05) is 31.2 Å². The van der Waals surface area contributed by atoms with Crippen LogP contribution < -0.4 is 10.1 Å². The summed E-state index contributed by atoms with van der Waals surface area (Å²) in [4.78, 5) is 14.9. The van der Waals surface area contributed by atoms with E-state index in [4.69, 9.17) is 4.74 Å². The Bertz CT molecular complexity index is 733. The van der Waals surface area contributed by atoms with Crippen molar-refractivity contribution in [3.63, 3.8) is 0 Å². The summed E-state index contributed by atoms with van der Waals surface area (Å²) >= 11 is 0. The fourth-order valence-electron chi connectivity index (χ4n) is 3.77. The van der Waals surface area contributed by atoms with Crippen LogP contribution in [0.15, 0.2) is 42.6 Å². The van der Waals surface area contributed by atoms with Gasteiger partial charge in [0.15, 0.2) is 6.61 Å². The Morgan fingerprint density at radius 1 is 1.11 bits per heavy atom. The van der Waals surface area contributed by atoms with Crippen LogP contribution >= 0.6 is 0 Å². The van der Waals surface area contributed by atoms with Crippen molar-refractivity contribution in [3.8, 4) is 5.75 Å². The summed E-state index contributed by atoms with van der Waals surface area (Å²) in [6.45, 7) is 4.81. The summed E-state index contributed by atoms with van der Waals surface area (Å²) in [5.41, 5.74) is 2.29. The minimum atomic E-state index is -0.0766. The lowest BCUT2D eigenvalue weighted by atomic mass is 10.1. The van der Waals surface area contributed by atoms with Crippen molar-refractivity contribution in [2.24, 2.45) is 7.05 Å². The van der Waals surface area contributed by atoms with Crippen LogP contribution in [0.3, 0.4) is 0 Å². The molecule has 1 N–H and O–H groups in total. The molecule has 1 unspecified atom stereocenters. The lowest BCUT2D eigenvalue weighted by Gasteiger charge is -2.31. The Balaban J connectivity index is 1.59. The highest BCUT2D eigenvalue weighted by atomic mass is 16.5. The molecule has 3 rings (SSSR count). The van der Waals surface area contributed by atoms with E-state index in [0.29, 0.717) is 6.54 Å². The lowest BCUT2D eigenvalue weighted by Crippen LogP contribution is -2.40. The third-order valence-electron chi connectivity index (χ3n) is 5.35. The van der Waals surface area contributed by atoms with E-state index in [1.165, 1.54) is 31.4 Å². The van der Waals surface area contributed by atoms with Crippen LogP contribution in [0, 0.1) is 6.92 Å². The molecule has 0 bridgehead atoms. The van der Waals surface area contributed by atoms with Gasteiger partial charge in [0.1, 0.15) is 5.75 Å². The van der Waals surface area contributed by atoms with Crippen LogP contribution in [0.4, 0.5) is 0 Å². The van der Waals surface area contributed by atoms with Crippen LogP contribution in [0.25, 0.3) is 0 Å². The van der Waals surface area contributed by atoms with Crippen LogP contribution in [0.1, 0.15) is 43.0 Å². The number of nitrogens with zero attached hydrogens (tertiary/aromatic N) is 2. The molecule has 1 aliphatic heterocycles. The third-order valence-corrected chi connectivity index (χ3v) is 5.35. The SMILES string of the molecule is Cc1ccccc1OCC(=O)NCC(c1cccn1C)N1CCCCCC1. The van der Waals surface area contributed by atoms with Crippen LogP contribution in [-0.4, -0.2) is 41.6 Å². The van der Waals surface area contributed by atoms with Crippen LogP contribution in [0.2, 0.25) is 0 Å². The topological polar surface area (TPSA) is 46.5 Å². The van der Waals surface area contributed by atoms with Gasteiger partial charge in [-0.2, -0.15) is 0 Å². The van der Waals surface area contributed by atoms with Crippen LogP contribution in [0.5, 0.6) is 5.75 Å². The first-order valence-electron chi connectivity index (χ1n) is 9.95. The van der Waals surface area contributed by atoms with E-state index < -0.39 is 0 Å². The number of aryl methyl sites for hydroxylation is 2. The number of hydrogen-bond acceptors (Lipinski definition) is 3. The molecule has 2 heterocycles. The van der Waals surface area contributed by atoms with Gasteiger partial charge in [-0.15, -0.1) is 0 Å². The Morgan fingerprint density at radius 2 is 1.85 bits per heavy atom. The first-order valence-corrected chi connectivity index (χ1v) is 9.95. The zero-order valence-electron chi connectivity index (χ0n) is 16.5. The molecule has 2 aromatic rings. The zero-order valence-corrected chi connectivity index (χ0v) is 16.5. The van der Waals surface area contributed by atoms with Gasteiger partial charge in [0.25, 0.3) is 5.91 Å². The number of para-hydroxylation sites is 1. The molecule has 1 amide bonds. The van der Waals surface area contributed by atoms with Crippen molar-refractivity contribution in [3.05, 3.63) is 53.9 Å². The third kappa shape index (κ3) is 5.36. The van der Waals surface area contributed by atoms with Gasteiger partial charge in [0.05, 0.1) is 6.04 Å². The summed E-state index contributed by atoms with van der Waals surface area (Å²) in [5.74, 6) is 0.687. The number of aromatic nitrogens is 1. The average Bonchev–Trinajstić information content (AvgIpc) is 2.92. The molecule has 1 saturated heterocycles. The lowest BCUT2D eigenvalue weighted by molar-refractivity contribution is -0.123. The number of ether oxygens (including phenoxy) is 1. The monoisotopic (exact) mass is 369 g/mol. The first-order chi connectivity index (χ1) is 13.1. The molecule has 27 heavy (non-hydrogen) atoms. The number of rotatable bonds is 7. The van der Waals surface area contributed by atoms with Crippen molar-refractivity contribution < 1.29 is 9.53 Å². The minimum absolute atomic E-state index is 0.0463. The number of likely N-dealkylation sites (tertiary alicyclic amines) is 1. The predicted molar refractivity (Wildman–Crippen MR) is 108 cm³/mol. The van der Waals surface area contributed by atoms with Gasteiger partial charge in [-0.25, -0.2) is 0 Å². The number of carbonyl (C=O) groups is 1. The summed E-state index contributed by atoms with van der Waals surface area (Å²) in [6, 6.07) is 12.2. The molecule has 1 fully saturated rings. The molecule has 0 spiro atoms. The number of nitrogens with one attached hydrogen (secondary N) is 1. The molecule has 5 nitrogen and oxygen atoms in total. The second-order valence-electron chi connectivity index (χ2n) is 7.37. The molecule has 5 heteroatoms. The normalized spacial score (nSPS) is 16.5. The van der Waals surface area contributed by atoms with Crippen molar-refractivity contribution in [1.82, 2.24) is 14.8 Å². The fraction of sp³-hybridized carbons (Fsp3) is 0.500. The Morgan fingerprint density at radius 3 is 2.52 bits per heavy atom. The maximum absolute atomic E-state index is 12.4. The molecule has 0 radical (unpaired) electrons. The van der Waals surface area contributed by atoms with E-state index in [2.05, 4.69) is 40.2 Å². The quantitative estimate of drug-likeness (QED) is 0.813. The van der Waals surface area contributed by atoms with E-state index in [0.717, 1.165) is 24.4 Å². The number of carbonyl (C=O) groups excluding carboxylic acids is 1. The summed E-state index contributed by atoms with van der Waals surface area (Å²) in [5, 5.41) is 3.09. The summed E-state index contributed by atoms with van der Waals surface area (Å²) in [6.07, 6.45) is 7.12. The first kappa shape index (κ1) is 19.5. The van der Waals surface area contributed by atoms with Crippen LogP contribution in [-0.2, 0) is 11.8 Å². The van der Waals surface area contributed by atoms with Gasteiger partial charge in [-0.3, -0.25) is 9.69 Å². The predicted octanol–water partition coefficient (Wildman–Crippen LogP) is 3.45. The fourth-order valence-corrected chi connectivity index (χ4v) is 3.77. The second kappa shape index (κ2) is 9.60. The molecule has 1 aromatic heterocycles. The van der Waals surface area contributed by atoms with Gasteiger partial charge in [-0.1, -0.05) is 31.0 Å². The largest absolute Gasteiger partial charge is 0.484 e. The molecule has 1 aromatic carbocycles. The molecule has 0 saturated carbocycles. The minimum Gasteiger partial charge on any atom is -0.484 e. The molecule has 1 aliphatic rings. The zero-order chi connectivity index (χ0) is 19.1. The highest BCUT2D eigenvalue weighted by Crippen LogP contribution is 2.24. The van der Waals surface area contributed by atoms with Crippen molar-refractivity contribution in [2.45, 2.75) is 38.6 Å². The van der Waals surface area contributed by atoms with Gasteiger partial charge < -0.3 is 14.6 Å². The van der Waals surface area contributed by atoms with Gasteiger partial charge in [-0.05, 0) is 56.6 Å². The summed E-state index contributed by atoms with van der Waals surface area (Å²) in [7, 11) is 2.07. The van der Waals surface area contributed by atoms with E-state index in [-0.39, 0.29) is 18.6 Å². The second-order valence-corrected chi connectivity index (χ2v) is 7.37. The standard InChI is InChI=1S/C22H31N3O2/c1-18-10-5-6-12-21(18)27-17-22(26)23-16-20(19-11-9-13-24(19)2)25-14-7-3-4-8-15-25/h5-6,9-13,20H,3-4,7-8,14-17H2,1-2H3,(H,23,26). The van der Waals surface area contributed by atoms with E-state index in [9.17, 15) is 4.79 Å². The van der Waals surface area contributed by atoms with E-state index >= 15 is 0 Å². The van der Waals surface area contributed by atoms with Gasteiger partial charge in [0, 0.05) is 25.5 Å². The number of amides is 1. The Labute approximate surface area is 162 Å². The highest BCUT2D eigenvalue weighted by Gasteiger charge is 2.24. The van der Waals surface area contributed by atoms with Crippen molar-refractivity contribution >= 4 is 5.91 Å². The van der Waals surface area contributed by atoms with Gasteiger partial charge >= 0.3 is 0 Å². The highest BCUT2D eigenvalue weighted by molar-refractivity contribution is 5.77. The molecular formula is C22H31N3O2. The maximum Gasteiger partial charge on any atom is 0.258 e.